The van der Waals surface area contributed by atoms with Crippen molar-refractivity contribution in [2.24, 2.45) is 5.92 Å². The second-order valence-corrected chi connectivity index (χ2v) is 6.34. The van der Waals surface area contributed by atoms with Gasteiger partial charge in [0, 0.05) is 6.04 Å². The molecule has 0 bridgehead atoms. The molecular weight excluding hydrogens is 330 g/mol. The van der Waals surface area contributed by atoms with Gasteiger partial charge in [0.25, 0.3) is 5.91 Å². The molecule has 1 saturated carbocycles. The summed E-state index contributed by atoms with van der Waals surface area (Å²) in [5.41, 5.74) is 0.401. The average molecular weight is 350 g/mol. The number of carbonyl (C=O) groups excluding carboxylic acids is 2. The summed E-state index contributed by atoms with van der Waals surface area (Å²) in [6.07, 6.45) is 4.28. The fourth-order valence-corrected chi connectivity index (χ4v) is 2.96. The molecule has 0 radical (unpaired) electrons. The van der Waals surface area contributed by atoms with E-state index in [-0.39, 0.29) is 23.4 Å². The van der Waals surface area contributed by atoms with Crippen LogP contribution >= 0.6 is 11.6 Å². The number of hydrogen-bond donors (Lipinski definition) is 2. The molecule has 0 heterocycles. The van der Waals surface area contributed by atoms with Crippen LogP contribution in [-0.4, -0.2) is 24.6 Å². The Bertz CT molecular complexity index is 657. The summed E-state index contributed by atoms with van der Waals surface area (Å²) in [7, 11) is 0. The fourth-order valence-electron chi connectivity index (χ4n) is 2.73. The number of halogens is 1. The van der Waals surface area contributed by atoms with E-state index < -0.39 is 11.9 Å². The van der Waals surface area contributed by atoms with Crippen molar-refractivity contribution < 1.29 is 14.3 Å². The lowest BCUT2D eigenvalue weighted by Gasteiger charge is -2.29. The van der Waals surface area contributed by atoms with Gasteiger partial charge in [-0.05, 0) is 37.0 Å². The van der Waals surface area contributed by atoms with Gasteiger partial charge in [-0.1, -0.05) is 31.4 Å². The van der Waals surface area contributed by atoms with Crippen molar-refractivity contribution in [2.45, 2.75) is 38.6 Å². The molecule has 0 unspecified atom stereocenters. The van der Waals surface area contributed by atoms with Crippen LogP contribution in [0, 0.1) is 17.2 Å². The molecule has 2 rings (SSSR count). The van der Waals surface area contributed by atoms with Crippen LogP contribution in [-0.2, 0) is 4.79 Å². The van der Waals surface area contributed by atoms with Crippen LogP contribution in [0.1, 0.15) is 38.2 Å². The number of imide groups is 1. The van der Waals surface area contributed by atoms with Crippen molar-refractivity contribution in [3.8, 4) is 11.8 Å². The molecule has 7 heteroatoms. The second kappa shape index (κ2) is 8.55. The number of hydrogen-bond acceptors (Lipinski definition) is 4. The van der Waals surface area contributed by atoms with Gasteiger partial charge in [-0.2, -0.15) is 5.26 Å². The minimum absolute atomic E-state index is 0.0976. The van der Waals surface area contributed by atoms with E-state index in [2.05, 4.69) is 17.6 Å². The number of nitriles is 1. The lowest BCUT2D eigenvalue weighted by atomic mass is 9.86. The highest BCUT2D eigenvalue weighted by Gasteiger charge is 2.23. The maximum Gasteiger partial charge on any atom is 0.321 e. The number of carbonyl (C=O) groups is 2. The first kappa shape index (κ1) is 18.1. The Labute approximate surface area is 146 Å². The number of ether oxygens (including phenoxy) is 1. The highest BCUT2D eigenvalue weighted by Crippen LogP contribution is 2.25. The molecule has 2 N–H and O–H groups in total. The number of benzene rings is 1. The van der Waals surface area contributed by atoms with Crippen molar-refractivity contribution >= 4 is 23.5 Å². The monoisotopic (exact) mass is 349 g/mol. The average Bonchev–Trinajstić information content (AvgIpc) is 2.55. The first-order chi connectivity index (χ1) is 11.5. The van der Waals surface area contributed by atoms with Gasteiger partial charge in [0.15, 0.2) is 6.61 Å². The van der Waals surface area contributed by atoms with Crippen LogP contribution in [0.5, 0.6) is 5.75 Å². The summed E-state index contributed by atoms with van der Waals surface area (Å²) in [6, 6.07) is 6.05. The van der Waals surface area contributed by atoms with Gasteiger partial charge in [0.2, 0.25) is 0 Å². The van der Waals surface area contributed by atoms with Crippen LogP contribution in [0.15, 0.2) is 18.2 Å². The van der Waals surface area contributed by atoms with Crippen LogP contribution < -0.4 is 15.4 Å². The zero-order valence-electron chi connectivity index (χ0n) is 13.5. The van der Waals surface area contributed by atoms with Gasteiger partial charge in [-0.15, -0.1) is 0 Å². The number of nitrogens with one attached hydrogen (secondary N) is 2. The minimum atomic E-state index is -0.559. The van der Waals surface area contributed by atoms with Gasteiger partial charge < -0.3 is 10.1 Å². The lowest BCUT2D eigenvalue weighted by molar-refractivity contribution is -0.122. The number of nitrogens with zero attached hydrogens (tertiary/aromatic N) is 1. The van der Waals surface area contributed by atoms with Crippen molar-refractivity contribution in [2.75, 3.05) is 6.61 Å². The zero-order valence-corrected chi connectivity index (χ0v) is 14.2. The van der Waals surface area contributed by atoms with Gasteiger partial charge in [-0.3, -0.25) is 10.1 Å². The summed E-state index contributed by atoms with van der Waals surface area (Å²) in [4.78, 5) is 23.7. The van der Waals surface area contributed by atoms with E-state index in [0.717, 1.165) is 19.3 Å². The topological polar surface area (TPSA) is 91.2 Å². The van der Waals surface area contributed by atoms with Gasteiger partial charge in [-0.25, -0.2) is 4.79 Å². The Kier molecular flexibility index (Phi) is 6.44. The van der Waals surface area contributed by atoms with Crippen molar-refractivity contribution in [1.82, 2.24) is 10.6 Å². The smallest absolute Gasteiger partial charge is 0.321 e. The van der Waals surface area contributed by atoms with Crippen molar-refractivity contribution in [1.29, 1.82) is 5.26 Å². The minimum Gasteiger partial charge on any atom is -0.482 e. The van der Waals surface area contributed by atoms with E-state index in [1.54, 1.807) is 0 Å². The molecule has 1 aliphatic carbocycles. The molecule has 0 spiro atoms. The zero-order chi connectivity index (χ0) is 17.5. The molecule has 1 aromatic rings. The van der Waals surface area contributed by atoms with Gasteiger partial charge in [0.05, 0.1) is 16.7 Å². The first-order valence-electron chi connectivity index (χ1n) is 7.92. The third kappa shape index (κ3) is 5.14. The van der Waals surface area contributed by atoms with E-state index in [1.807, 2.05) is 6.07 Å². The van der Waals surface area contributed by atoms with E-state index in [4.69, 9.17) is 21.6 Å². The Morgan fingerprint density at radius 2 is 2.12 bits per heavy atom. The predicted molar refractivity (Wildman–Crippen MR) is 89.8 cm³/mol. The van der Waals surface area contributed by atoms with E-state index in [1.165, 1.54) is 24.6 Å². The fraction of sp³-hybridized carbons (Fsp3) is 0.471. The van der Waals surface area contributed by atoms with Gasteiger partial charge >= 0.3 is 6.03 Å². The summed E-state index contributed by atoms with van der Waals surface area (Å²) in [5, 5.41) is 14.1. The highest BCUT2D eigenvalue weighted by molar-refractivity contribution is 6.32. The molecule has 1 aromatic carbocycles. The Morgan fingerprint density at radius 3 is 2.79 bits per heavy atom. The molecule has 3 amide bonds. The number of urea groups is 1. The lowest BCUT2D eigenvalue weighted by Crippen LogP contribution is -2.48. The summed E-state index contributed by atoms with van der Waals surface area (Å²) in [6.45, 7) is 1.77. The standard InChI is InChI=1S/C17H20ClN3O3/c1-11-4-2-3-5-14(11)20-17(23)21-16(22)10-24-15-7-6-12(9-19)8-13(15)18/h6-8,11,14H,2-5,10H2,1H3,(H2,20,21,22,23)/t11-,14+/m0/s1. The summed E-state index contributed by atoms with van der Waals surface area (Å²) in [5.74, 6) is 0.136. The predicted octanol–water partition coefficient (Wildman–Crippen LogP) is 2.99. The third-order valence-electron chi connectivity index (χ3n) is 4.10. The molecule has 1 aliphatic rings. The van der Waals surface area contributed by atoms with Crippen LogP contribution in [0.25, 0.3) is 0 Å². The maximum absolute atomic E-state index is 11.9. The van der Waals surface area contributed by atoms with Gasteiger partial charge in [0.1, 0.15) is 5.75 Å². The molecular formula is C17H20ClN3O3. The van der Waals surface area contributed by atoms with Crippen LogP contribution in [0.4, 0.5) is 4.79 Å². The highest BCUT2D eigenvalue weighted by atomic mass is 35.5. The van der Waals surface area contributed by atoms with E-state index >= 15 is 0 Å². The molecule has 0 saturated heterocycles. The van der Waals surface area contributed by atoms with E-state index in [0.29, 0.717) is 11.5 Å². The summed E-state index contributed by atoms with van der Waals surface area (Å²) >= 11 is 5.96. The molecule has 6 nitrogen and oxygen atoms in total. The Hall–Kier alpha value is -2.26. The van der Waals surface area contributed by atoms with Crippen molar-refractivity contribution in [3.05, 3.63) is 28.8 Å². The maximum atomic E-state index is 11.9. The van der Waals surface area contributed by atoms with Crippen LogP contribution in [0.2, 0.25) is 5.02 Å². The normalized spacial score (nSPS) is 19.9. The van der Waals surface area contributed by atoms with E-state index in [9.17, 15) is 9.59 Å². The molecule has 24 heavy (non-hydrogen) atoms. The second-order valence-electron chi connectivity index (χ2n) is 5.94. The Balaban J connectivity index is 1.78. The summed E-state index contributed by atoms with van der Waals surface area (Å²) < 4.78 is 5.28. The SMILES string of the molecule is C[C@H]1CCCC[C@H]1NC(=O)NC(=O)COc1ccc(C#N)cc1Cl. The van der Waals surface area contributed by atoms with Crippen LogP contribution in [0.3, 0.4) is 0 Å². The third-order valence-corrected chi connectivity index (χ3v) is 4.40. The molecule has 0 aromatic heterocycles. The molecule has 0 aliphatic heterocycles. The molecule has 2 atom stereocenters. The Morgan fingerprint density at radius 1 is 1.38 bits per heavy atom. The largest absolute Gasteiger partial charge is 0.482 e. The van der Waals surface area contributed by atoms with Crippen molar-refractivity contribution in [3.63, 3.8) is 0 Å². The quantitative estimate of drug-likeness (QED) is 0.874. The number of amides is 3. The molecule has 1 fully saturated rings. The molecule has 128 valence electrons. The first-order valence-corrected chi connectivity index (χ1v) is 8.30. The number of rotatable bonds is 4.